The molecular weight excluding hydrogens is 319 g/mol. The first-order chi connectivity index (χ1) is 10.5. The van der Waals surface area contributed by atoms with E-state index in [2.05, 4.69) is 17.3 Å². The van der Waals surface area contributed by atoms with Gasteiger partial charge < -0.3 is 10.2 Å². The van der Waals surface area contributed by atoms with Crippen LogP contribution in [0, 0.1) is 11.8 Å². The highest BCUT2D eigenvalue weighted by molar-refractivity contribution is 6.36. The van der Waals surface area contributed by atoms with E-state index in [-0.39, 0.29) is 11.9 Å². The fourth-order valence-corrected chi connectivity index (χ4v) is 4.47. The SMILES string of the molecule is CN1CC[C@@H]2[C@H](CCC[C@H]2NC(=O)c2ccc(Cl)cc2Cl)C1. The van der Waals surface area contributed by atoms with Gasteiger partial charge in [0.2, 0.25) is 0 Å². The lowest BCUT2D eigenvalue weighted by Crippen LogP contribution is -2.51. The van der Waals surface area contributed by atoms with Crippen molar-refractivity contribution in [3.05, 3.63) is 33.8 Å². The van der Waals surface area contributed by atoms with Gasteiger partial charge in [-0.2, -0.15) is 0 Å². The molecule has 3 atom stereocenters. The molecular formula is C17H22Cl2N2O. The van der Waals surface area contributed by atoms with E-state index < -0.39 is 0 Å². The van der Waals surface area contributed by atoms with Crippen molar-refractivity contribution in [2.45, 2.75) is 31.7 Å². The molecule has 1 aromatic carbocycles. The molecule has 2 fully saturated rings. The average molecular weight is 341 g/mol. The smallest absolute Gasteiger partial charge is 0.253 e. The Labute approximate surface area is 142 Å². The van der Waals surface area contributed by atoms with Crippen LogP contribution >= 0.6 is 23.2 Å². The summed E-state index contributed by atoms with van der Waals surface area (Å²) in [6.07, 6.45) is 4.71. The number of likely N-dealkylation sites (tertiary alicyclic amines) is 1. The van der Waals surface area contributed by atoms with Crippen LogP contribution in [-0.2, 0) is 0 Å². The number of rotatable bonds is 2. The van der Waals surface area contributed by atoms with Crippen molar-refractivity contribution in [1.82, 2.24) is 10.2 Å². The summed E-state index contributed by atoms with van der Waals surface area (Å²) in [6.45, 7) is 2.27. The molecule has 5 heteroatoms. The van der Waals surface area contributed by atoms with Crippen LogP contribution in [-0.4, -0.2) is 37.0 Å². The number of fused-ring (bicyclic) bond motifs is 1. The van der Waals surface area contributed by atoms with Crippen LogP contribution < -0.4 is 5.32 Å². The first-order valence-corrected chi connectivity index (χ1v) is 8.74. The van der Waals surface area contributed by atoms with E-state index in [1.54, 1.807) is 18.2 Å². The van der Waals surface area contributed by atoms with Gasteiger partial charge in [0, 0.05) is 17.6 Å². The van der Waals surface area contributed by atoms with Gasteiger partial charge in [-0.05, 0) is 62.9 Å². The van der Waals surface area contributed by atoms with Gasteiger partial charge in [-0.1, -0.05) is 29.6 Å². The molecule has 3 rings (SSSR count). The molecule has 1 heterocycles. The number of nitrogens with one attached hydrogen (secondary N) is 1. The molecule has 1 saturated heterocycles. The molecule has 1 aliphatic carbocycles. The maximum atomic E-state index is 12.5. The Morgan fingerprint density at radius 2 is 2.09 bits per heavy atom. The van der Waals surface area contributed by atoms with Crippen molar-refractivity contribution in [2.75, 3.05) is 20.1 Å². The lowest BCUT2D eigenvalue weighted by Gasteiger charge is -2.44. The Morgan fingerprint density at radius 1 is 1.27 bits per heavy atom. The van der Waals surface area contributed by atoms with E-state index in [9.17, 15) is 4.79 Å². The second-order valence-corrected chi connectivity index (χ2v) is 7.45. The third-order valence-corrected chi connectivity index (χ3v) is 5.64. The summed E-state index contributed by atoms with van der Waals surface area (Å²) < 4.78 is 0. The molecule has 1 aromatic rings. The zero-order valence-electron chi connectivity index (χ0n) is 12.8. The lowest BCUT2D eigenvalue weighted by molar-refractivity contribution is 0.0661. The van der Waals surface area contributed by atoms with E-state index in [0.717, 1.165) is 19.5 Å². The molecule has 0 radical (unpaired) electrons. The molecule has 22 heavy (non-hydrogen) atoms. The summed E-state index contributed by atoms with van der Waals surface area (Å²) in [5.41, 5.74) is 0.515. The molecule has 1 saturated carbocycles. The van der Waals surface area contributed by atoms with E-state index >= 15 is 0 Å². The highest BCUT2D eigenvalue weighted by Crippen LogP contribution is 2.36. The van der Waals surface area contributed by atoms with Crippen molar-refractivity contribution in [2.24, 2.45) is 11.8 Å². The van der Waals surface area contributed by atoms with Crippen molar-refractivity contribution >= 4 is 29.1 Å². The topological polar surface area (TPSA) is 32.3 Å². The van der Waals surface area contributed by atoms with Gasteiger partial charge in [0.15, 0.2) is 0 Å². The number of nitrogens with zero attached hydrogens (tertiary/aromatic N) is 1. The summed E-state index contributed by atoms with van der Waals surface area (Å²) in [6, 6.07) is 5.31. The summed E-state index contributed by atoms with van der Waals surface area (Å²) in [7, 11) is 2.19. The lowest BCUT2D eigenvalue weighted by atomic mass is 9.72. The normalized spacial score (nSPS) is 29.0. The quantitative estimate of drug-likeness (QED) is 0.886. The number of halogens is 2. The summed E-state index contributed by atoms with van der Waals surface area (Å²) in [4.78, 5) is 14.9. The molecule has 120 valence electrons. The van der Waals surface area contributed by atoms with Gasteiger partial charge in [-0.25, -0.2) is 0 Å². The Balaban J connectivity index is 1.70. The fourth-order valence-electron chi connectivity index (χ4n) is 3.98. The van der Waals surface area contributed by atoms with E-state index in [1.165, 1.54) is 19.3 Å². The van der Waals surface area contributed by atoms with Crippen molar-refractivity contribution < 1.29 is 4.79 Å². The van der Waals surface area contributed by atoms with Crippen molar-refractivity contribution in [1.29, 1.82) is 0 Å². The van der Waals surface area contributed by atoms with Crippen molar-refractivity contribution in [3.63, 3.8) is 0 Å². The van der Waals surface area contributed by atoms with Crippen LogP contribution in [0.4, 0.5) is 0 Å². The number of hydrogen-bond acceptors (Lipinski definition) is 2. The molecule has 0 spiro atoms. The summed E-state index contributed by atoms with van der Waals surface area (Å²) >= 11 is 12.0. The van der Waals surface area contributed by atoms with Crippen LogP contribution in [0.5, 0.6) is 0 Å². The predicted octanol–water partition coefficient (Wildman–Crippen LogP) is 3.84. The zero-order valence-corrected chi connectivity index (χ0v) is 14.3. The van der Waals surface area contributed by atoms with Crippen LogP contribution in [0.1, 0.15) is 36.0 Å². The number of carbonyl (C=O) groups excluding carboxylic acids is 1. The molecule has 3 nitrogen and oxygen atoms in total. The standard InChI is InChI=1S/C17H22Cl2N2O/c1-21-8-7-13-11(10-21)3-2-4-16(13)20-17(22)14-6-5-12(18)9-15(14)19/h5-6,9,11,13,16H,2-4,7-8,10H2,1H3,(H,20,22)/t11-,13-,16-/m1/s1. The van der Waals surface area contributed by atoms with Gasteiger partial charge in [0.1, 0.15) is 0 Å². The number of amides is 1. The van der Waals surface area contributed by atoms with Crippen molar-refractivity contribution in [3.8, 4) is 0 Å². The van der Waals surface area contributed by atoms with E-state index in [1.807, 2.05) is 0 Å². The molecule has 0 bridgehead atoms. The summed E-state index contributed by atoms with van der Waals surface area (Å²) in [5.74, 6) is 1.23. The van der Waals surface area contributed by atoms with Crippen LogP contribution in [0.3, 0.4) is 0 Å². The zero-order chi connectivity index (χ0) is 15.7. The molecule has 0 aromatic heterocycles. The first-order valence-electron chi connectivity index (χ1n) is 7.99. The van der Waals surface area contributed by atoms with E-state index in [4.69, 9.17) is 23.2 Å². The monoisotopic (exact) mass is 340 g/mol. The highest BCUT2D eigenvalue weighted by atomic mass is 35.5. The Morgan fingerprint density at radius 3 is 2.86 bits per heavy atom. The largest absolute Gasteiger partial charge is 0.349 e. The minimum atomic E-state index is -0.0776. The second kappa shape index (κ2) is 6.77. The number of piperidine rings is 1. The Hall–Kier alpha value is -0.770. The van der Waals surface area contributed by atoms with Gasteiger partial charge in [-0.3, -0.25) is 4.79 Å². The van der Waals surface area contributed by atoms with Crippen LogP contribution in [0.2, 0.25) is 10.0 Å². The number of carbonyl (C=O) groups is 1. The maximum Gasteiger partial charge on any atom is 0.253 e. The highest BCUT2D eigenvalue weighted by Gasteiger charge is 2.37. The molecule has 1 N–H and O–H groups in total. The van der Waals surface area contributed by atoms with Gasteiger partial charge in [0.25, 0.3) is 5.91 Å². The average Bonchev–Trinajstić information content (AvgIpc) is 2.47. The third kappa shape index (κ3) is 3.42. The number of benzene rings is 1. The van der Waals surface area contributed by atoms with Crippen LogP contribution in [0.25, 0.3) is 0 Å². The first kappa shape index (κ1) is 16.1. The molecule has 2 aliphatic rings. The van der Waals surface area contributed by atoms with Crippen LogP contribution in [0.15, 0.2) is 18.2 Å². The third-order valence-electron chi connectivity index (χ3n) is 5.09. The summed E-state index contributed by atoms with van der Waals surface area (Å²) in [5, 5.41) is 4.19. The minimum absolute atomic E-state index is 0.0776. The molecule has 1 aliphatic heterocycles. The van der Waals surface area contributed by atoms with Gasteiger partial charge in [0.05, 0.1) is 10.6 Å². The predicted molar refractivity (Wildman–Crippen MR) is 90.7 cm³/mol. The second-order valence-electron chi connectivity index (χ2n) is 6.61. The Kier molecular flexibility index (Phi) is 4.96. The van der Waals surface area contributed by atoms with E-state index in [0.29, 0.717) is 27.4 Å². The Bertz CT molecular complexity index is 564. The maximum absolute atomic E-state index is 12.5. The number of hydrogen-bond donors (Lipinski definition) is 1. The fraction of sp³-hybridized carbons (Fsp3) is 0.588. The minimum Gasteiger partial charge on any atom is -0.349 e. The molecule has 1 amide bonds. The van der Waals surface area contributed by atoms with Gasteiger partial charge in [-0.15, -0.1) is 0 Å². The van der Waals surface area contributed by atoms with Gasteiger partial charge >= 0.3 is 0 Å². The molecule has 0 unspecified atom stereocenters.